The third-order valence-corrected chi connectivity index (χ3v) is 6.63. The molecule has 0 saturated heterocycles. The first-order valence-electron chi connectivity index (χ1n) is 11.5. The van der Waals surface area contributed by atoms with E-state index in [9.17, 15) is 9.59 Å². The van der Waals surface area contributed by atoms with E-state index in [0.717, 1.165) is 44.2 Å². The summed E-state index contributed by atoms with van der Waals surface area (Å²) in [6.45, 7) is 7.83. The van der Waals surface area contributed by atoms with E-state index >= 15 is 0 Å². The van der Waals surface area contributed by atoms with Crippen LogP contribution in [-0.4, -0.2) is 52.5 Å². The van der Waals surface area contributed by atoms with Crippen molar-refractivity contribution in [2.45, 2.75) is 65.0 Å². The monoisotopic (exact) mass is 425 g/mol. The minimum Gasteiger partial charge on any atom is -0.444 e. The number of aromatic amines is 1. The topological polar surface area (TPSA) is 65.6 Å². The van der Waals surface area contributed by atoms with Crippen molar-refractivity contribution in [3.05, 3.63) is 35.5 Å². The van der Waals surface area contributed by atoms with Crippen molar-refractivity contribution in [2.75, 3.05) is 20.1 Å². The molecule has 1 aliphatic heterocycles. The number of ether oxygens (including phenoxy) is 1. The van der Waals surface area contributed by atoms with E-state index in [1.165, 1.54) is 16.6 Å². The fraction of sp³-hybridized carbons (Fsp3) is 0.600. The van der Waals surface area contributed by atoms with Gasteiger partial charge in [0.1, 0.15) is 5.60 Å². The van der Waals surface area contributed by atoms with Gasteiger partial charge in [-0.25, -0.2) is 4.79 Å². The van der Waals surface area contributed by atoms with Crippen molar-refractivity contribution in [2.24, 2.45) is 11.8 Å². The standard InChI is InChI=1S/C25H35N3O3/c1-25(2,3)31-24(30)27(4)15-17-9-11-18(12-10-17)23(29)28-14-13-20-19-7-5-6-8-21(19)26-22(20)16-28/h5-8,17-18,26H,9-16H2,1-4H3/t17-,18-. The highest BCUT2D eigenvalue weighted by atomic mass is 16.6. The maximum Gasteiger partial charge on any atom is 0.410 e. The van der Waals surface area contributed by atoms with Crippen molar-refractivity contribution in [1.82, 2.24) is 14.8 Å². The Kier molecular flexibility index (Phi) is 6.00. The zero-order valence-electron chi connectivity index (χ0n) is 19.2. The van der Waals surface area contributed by atoms with Crippen molar-refractivity contribution >= 4 is 22.9 Å². The van der Waals surface area contributed by atoms with Crippen LogP contribution in [0.25, 0.3) is 10.9 Å². The molecule has 1 aromatic carbocycles. The summed E-state index contributed by atoms with van der Waals surface area (Å²) in [6.07, 6.45) is 4.42. The Bertz CT molecular complexity index is 951. The molecule has 1 saturated carbocycles. The molecule has 0 unspecified atom stereocenters. The van der Waals surface area contributed by atoms with Crippen LogP contribution in [0.4, 0.5) is 4.79 Å². The highest BCUT2D eigenvalue weighted by molar-refractivity contribution is 5.86. The summed E-state index contributed by atoms with van der Waals surface area (Å²) in [6, 6.07) is 8.39. The highest BCUT2D eigenvalue weighted by Gasteiger charge is 2.33. The Morgan fingerprint density at radius 3 is 2.58 bits per heavy atom. The van der Waals surface area contributed by atoms with Gasteiger partial charge in [-0.15, -0.1) is 0 Å². The Labute approximate surface area is 184 Å². The van der Waals surface area contributed by atoms with E-state index in [4.69, 9.17) is 4.74 Å². The predicted octanol–water partition coefficient (Wildman–Crippen LogP) is 4.73. The largest absolute Gasteiger partial charge is 0.444 e. The molecular formula is C25H35N3O3. The average Bonchev–Trinajstić information content (AvgIpc) is 3.10. The Morgan fingerprint density at radius 1 is 1.16 bits per heavy atom. The molecule has 1 N–H and O–H groups in total. The number of carbonyl (C=O) groups is 2. The van der Waals surface area contributed by atoms with Gasteiger partial charge in [-0.2, -0.15) is 0 Å². The number of amides is 2. The van der Waals surface area contributed by atoms with Crippen LogP contribution in [0.2, 0.25) is 0 Å². The molecule has 31 heavy (non-hydrogen) atoms. The number of H-pyrrole nitrogens is 1. The summed E-state index contributed by atoms with van der Waals surface area (Å²) in [5.41, 5.74) is 3.24. The van der Waals surface area contributed by atoms with Gasteiger partial charge in [0.25, 0.3) is 0 Å². The van der Waals surface area contributed by atoms with Crippen molar-refractivity contribution in [1.29, 1.82) is 0 Å². The molecule has 2 aliphatic rings. The maximum atomic E-state index is 13.2. The molecular weight excluding hydrogens is 390 g/mol. The van der Waals surface area contributed by atoms with Gasteiger partial charge < -0.3 is 19.5 Å². The number of nitrogens with zero attached hydrogens (tertiary/aromatic N) is 2. The predicted molar refractivity (Wildman–Crippen MR) is 122 cm³/mol. The second-order valence-electron chi connectivity index (χ2n) is 10.2. The Hall–Kier alpha value is -2.50. The molecule has 168 valence electrons. The highest BCUT2D eigenvalue weighted by Crippen LogP contribution is 2.33. The molecule has 2 aromatic rings. The number of hydrogen-bond acceptors (Lipinski definition) is 3. The Balaban J connectivity index is 1.29. The molecule has 2 amide bonds. The van der Waals surface area contributed by atoms with Gasteiger partial charge in [-0.3, -0.25) is 4.79 Å². The summed E-state index contributed by atoms with van der Waals surface area (Å²) in [4.78, 5) is 32.6. The molecule has 1 fully saturated rings. The number of nitrogens with one attached hydrogen (secondary N) is 1. The molecule has 1 aliphatic carbocycles. The van der Waals surface area contributed by atoms with Gasteiger partial charge in [0.05, 0.1) is 6.54 Å². The number of fused-ring (bicyclic) bond motifs is 3. The molecule has 1 aromatic heterocycles. The van der Waals surface area contributed by atoms with Gasteiger partial charge in [-0.1, -0.05) is 18.2 Å². The van der Waals surface area contributed by atoms with E-state index < -0.39 is 5.60 Å². The van der Waals surface area contributed by atoms with Gasteiger partial charge in [0, 0.05) is 42.7 Å². The van der Waals surface area contributed by atoms with E-state index in [-0.39, 0.29) is 12.0 Å². The zero-order chi connectivity index (χ0) is 22.2. The van der Waals surface area contributed by atoms with Crippen LogP contribution in [0.15, 0.2) is 24.3 Å². The Morgan fingerprint density at radius 2 is 1.87 bits per heavy atom. The van der Waals surface area contributed by atoms with Crippen LogP contribution in [0.5, 0.6) is 0 Å². The van der Waals surface area contributed by atoms with Crippen molar-refractivity contribution < 1.29 is 14.3 Å². The van der Waals surface area contributed by atoms with Crippen LogP contribution >= 0.6 is 0 Å². The number of hydrogen-bond donors (Lipinski definition) is 1. The lowest BCUT2D eigenvalue weighted by Crippen LogP contribution is -2.42. The summed E-state index contributed by atoms with van der Waals surface area (Å²) in [7, 11) is 1.80. The number of benzene rings is 1. The van der Waals surface area contributed by atoms with Crippen LogP contribution in [0.3, 0.4) is 0 Å². The first-order valence-corrected chi connectivity index (χ1v) is 11.5. The molecule has 0 radical (unpaired) electrons. The van der Waals surface area contributed by atoms with Gasteiger partial charge >= 0.3 is 6.09 Å². The number of rotatable bonds is 3. The molecule has 6 heteroatoms. The average molecular weight is 426 g/mol. The van der Waals surface area contributed by atoms with E-state index in [1.807, 2.05) is 31.7 Å². The number of carbonyl (C=O) groups excluding carboxylic acids is 2. The minimum atomic E-state index is -0.477. The van der Waals surface area contributed by atoms with Crippen molar-refractivity contribution in [3.63, 3.8) is 0 Å². The van der Waals surface area contributed by atoms with Gasteiger partial charge in [-0.05, 0) is 70.4 Å². The summed E-state index contributed by atoms with van der Waals surface area (Å²) >= 11 is 0. The molecule has 0 atom stereocenters. The van der Waals surface area contributed by atoms with E-state index in [2.05, 4.69) is 23.2 Å². The number of aromatic nitrogens is 1. The normalized spacial score (nSPS) is 21.6. The second kappa shape index (κ2) is 8.56. The fourth-order valence-corrected chi connectivity index (χ4v) is 5.03. The van der Waals surface area contributed by atoms with E-state index in [1.54, 1.807) is 11.9 Å². The van der Waals surface area contributed by atoms with Crippen LogP contribution in [0, 0.1) is 11.8 Å². The lowest BCUT2D eigenvalue weighted by molar-refractivity contribution is -0.137. The smallest absolute Gasteiger partial charge is 0.410 e. The van der Waals surface area contributed by atoms with E-state index in [0.29, 0.717) is 24.9 Å². The molecule has 4 rings (SSSR count). The van der Waals surface area contributed by atoms with Crippen LogP contribution in [0.1, 0.15) is 57.7 Å². The minimum absolute atomic E-state index is 0.106. The van der Waals surface area contributed by atoms with Gasteiger partial charge in [0.2, 0.25) is 5.91 Å². The first kappa shape index (κ1) is 21.7. The summed E-state index contributed by atoms with van der Waals surface area (Å²) < 4.78 is 5.45. The summed E-state index contributed by atoms with van der Waals surface area (Å²) in [5.74, 6) is 0.834. The SMILES string of the molecule is CN(C[C@H]1CC[C@H](C(=O)N2CCc3c([nH]c4ccccc34)C2)CC1)C(=O)OC(C)(C)C. The van der Waals surface area contributed by atoms with Crippen molar-refractivity contribution in [3.8, 4) is 0 Å². The van der Waals surface area contributed by atoms with Crippen LogP contribution < -0.4 is 0 Å². The first-order chi connectivity index (χ1) is 14.7. The third-order valence-electron chi connectivity index (χ3n) is 6.63. The molecule has 2 heterocycles. The molecule has 0 spiro atoms. The lowest BCUT2D eigenvalue weighted by Gasteiger charge is -2.35. The fourth-order valence-electron chi connectivity index (χ4n) is 5.03. The maximum absolute atomic E-state index is 13.2. The lowest BCUT2D eigenvalue weighted by atomic mass is 9.81. The molecule has 0 bridgehead atoms. The third kappa shape index (κ3) is 4.89. The zero-order valence-corrected chi connectivity index (χ0v) is 19.2. The summed E-state index contributed by atoms with van der Waals surface area (Å²) in [5, 5.41) is 1.29. The quantitative estimate of drug-likeness (QED) is 0.773. The van der Waals surface area contributed by atoms with Gasteiger partial charge in [0.15, 0.2) is 0 Å². The second-order valence-corrected chi connectivity index (χ2v) is 10.2. The molecule has 6 nitrogen and oxygen atoms in total. The number of para-hydroxylation sites is 1. The van der Waals surface area contributed by atoms with Crippen LogP contribution in [-0.2, 0) is 22.5 Å².